The van der Waals surface area contributed by atoms with Crippen LogP contribution in [0.4, 0.5) is 0 Å². The number of rotatable bonds is 8. The number of carbonyl (C=O) groups is 1. The lowest BCUT2D eigenvalue weighted by Gasteiger charge is -2.28. The molecule has 1 N–H and O–H groups in total. The van der Waals surface area contributed by atoms with Crippen LogP contribution in [0.1, 0.15) is 48.8 Å². The number of hydrogen-bond donors (Lipinski definition) is 1. The molecule has 1 aliphatic rings. The van der Waals surface area contributed by atoms with E-state index in [1.807, 2.05) is 36.1 Å². The predicted octanol–water partition coefficient (Wildman–Crippen LogP) is 2.85. The summed E-state index contributed by atoms with van der Waals surface area (Å²) in [5.74, 6) is 1.87. The predicted molar refractivity (Wildman–Crippen MR) is 104 cm³/mol. The Morgan fingerprint density at radius 2 is 2.11 bits per heavy atom. The number of nitrogens with one attached hydrogen (secondary N) is 1. The zero-order valence-electron chi connectivity index (χ0n) is 15.8. The second-order valence-corrected chi connectivity index (χ2v) is 6.42. The molecule has 2 heterocycles. The van der Waals surface area contributed by atoms with Gasteiger partial charge in [-0.15, -0.1) is 12.4 Å². The van der Waals surface area contributed by atoms with Crippen molar-refractivity contribution in [1.29, 1.82) is 0 Å². The maximum absolute atomic E-state index is 12.9. The van der Waals surface area contributed by atoms with Crippen LogP contribution in [0.3, 0.4) is 0 Å². The second kappa shape index (κ2) is 10.3. The van der Waals surface area contributed by atoms with Gasteiger partial charge in [0.1, 0.15) is 5.75 Å². The molecule has 27 heavy (non-hydrogen) atoms. The Morgan fingerprint density at radius 3 is 2.70 bits per heavy atom. The van der Waals surface area contributed by atoms with Crippen LogP contribution in [0.25, 0.3) is 0 Å². The van der Waals surface area contributed by atoms with E-state index in [0.29, 0.717) is 29.4 Å². The third kappa shape index (κ3) is 5.43. The van der Waals surface area contributed by atoms with Crippen molar-refractivity contribution in [1.82, 2.24) is 20.4 Å². The van der Waals surface area contributed by atoms with Gasteiger partial charge >= 0.3 is 0 Å². The molecule has 1 aliphatic heterocycles. The second-order valence-electron chi connectivity index (χ2n) is 6.42. The summed E-state index contributed by atoms with van der Waals surface area (Å²) in [5.41, 5.74) is 0.686. The summed E-state index contributed by atoms with van der Waals surface area (Å²) in [6, 6.07) is 7.53. The Bertz CT molecular complexity index is 714. The molecule has 148 valence electrons. The maximum Gasteiger partial charge on any atom is 0.254 e. The highest BCUT2D eigenvalue weighted by Gasteiger charge is 2.26. The number of ether oxygens (including phenoxy) is 1. The molecule has 1 saturated heterocycles. The fourth-order valence-electron chi connectivity index (χ4n) is 3.10. The first kappa shape index (κ1) is 21.2. The quantitative estimate of drug-likeness (QED) is 0.741. The Morgan fingerprint density at radius 1 is 1.33 bits per heavy atom. The normalized spacial score (nSPS) is 16.0. The van der Waals surface area contributed by atoms with Crippen LogP contribution >= 0.6 is 12.4 Å². The summed E-state index contributed by atoms with van der Waals surface area (Å²) in [6.45, 7) is 6.92. The minimum Gasteiger partial charge on any atom is -0.485 e. The molecule has 1 aromatic carbocycles. The summed E-state index contributed by atoms with van der Waals surface area (Å²) in [4.78, 5) is 19.1. The molecule has 1 unspecified atom stereocenters. The monoisotopic (exact) mass is 394 g/mol. The molecule has 1 fully saturated rings. The Kier molecular flexibility index (Phi) is 8.06. The minimum atomic E-state index is 0. The van der Waals surface area contributed by atoms with Gasteiger partial charge in [-0.25, -0.2) is 0 Å². The molecule has 3 rings (SSSR count). The van der Waals surface area contributed by atoms with E-state index in [-0.39, 0.29) is 31.0 Å². The van der Waals surface area contributed by atoms with Crippen molar-refractivity contribution in [3.05, 3.63) is 41.5 Å². The average molecular weight is 395 g/mol. The van der Waals surface area contributed by atoms with Crippen molar-refractivity contribution in [2.45, 2.75) is 45.8 Å². The van der Waals surface area contributed by atoms with Gasteiger partial charge in [0.2, 0.25) is 11.7 Å². The Hall–Kier alpha value is -2.12. The minimum absolute atomic E-state index is 0. The van der Waals surface area contributed by atoms with Gasteiger partial charge in [-0.3, -0.25) is 4.79 Å². The lowest BCUT2D eigenvalue weighted by molar-refractivity contribution is 0.0692. The van der Waals surface area contributed by atoms with E-state index in [4.69, 9.17) is 9.26 Å². The fourth-order valence-corrected chi connectivity index (χ4v) is 3.10. The van der Waals surface area contributed by atoms with Gasteiger partial charge in [0.05, 0.1) is 0 Å². The highest BCUT2D eigenvalue weighted by atomic mass is 35.5. The first-order valence-corrected chi connectivity index (χ1v) is 9.27. The molecule has 1 aromatic heterocycles. The molecular weight excluding hydrogens is 368 g/mol. The van der Waals surface area contributed by atoms with E-state index in [2.05, 4.69) is 22.4 Å². The molecule has 0 aliphatic carbocycles. The number of amides is 1. The van der Waals surface area contributed by atoms with Crippen LogP contribution in [0.5, 0.6) is 5.75 Å². The third-order valence-corrected chi connectivity index (χ3v) is 4.48. The van der Waals surface area contributed by atoms with Gasteiger partial charge in [0.25, 0.3) is 5.91 Å². The van der Waals surface area contributed by atoms with Gasteiger partial charge in [0.15, 0.2) is 6.61 Å². The molecule has 0 radical (unpaired) electrons. The molecule has 7 nitrogen and oxygen atoms in total. The number of carbonyl (C=O) groups excluding carboxylic acids is 1. The van der Waals surface area contributed by atoms with Gasteiger partial charge in [-0.2, -0.15) is 4.98 Å². The number of halogens is 1. The lowest BCUT2D eigenvalue weighted by atomic mass is 10.1. The third-order valence-electron chi connectivity index (χ3n) is 4.48. The summed E-state index contributed by atoms with van der Waals surface area (Å²) in [6.07, 6.45) is 2.67. The molecule has 0 spiro atoms. The van der Waals surface area contributed by atoms with Crippen molar-refractivity contribution in [2.24, 2.45) is 0 Å². The van der Waals surface area contributed by atoms with Gasteiger partial charge in [-0.05, 0) is 43.7 Å². The van der Waals surface area contributed by atoms with Crippen LogP contribution < -0.4 is 10.1 Å². The van der Waals surface area contributed by atoms with Crippen LogP contribution in [-0.4, -0.2) is 46.6 Å². The van der Waals surface area contributed by atoms with Gasteiger partial charge < -0.3 is 19.5 Å². The van der Waals surface area contributed by atoms with Crippen molar-refractivity contribution in [3.63, 3.8) is 0 Å². The van der Waals surface area contributed by atoms with E-state index in [1.165, 1.54) is 0 Å². The molecule has 2 aromatic rings. The van der Waals surface area contributed by atoms with Crippen LogP contribution in [0.2, 0.25) is 0 Å². The Labute approximate surface area is 165 Å². The smallest absolute Gasteiger partial charge is 0.254 e. The number of aryl methyl sites for hydroxylation is 1. The standard InChI is InChI=1S/C19H26N4O3.ClH/c1-3-11-23(15-9-10-20-12-15)19(24)14-5-7-16(8-6-14)25-13-17-21-18(4-2)26-22-17;/h5-8,15,20H,3-4,9-13H2,1-2H3;1H. The van der Waals surface area contributed by atoms with Crippen molar-refractivity contribution in [2.75, 3.05) is 19.6 Å². The number of aromatic nitrogens is 2. The Balaban J connectivity index is 0.00000261. The first-order chi connectivity index (χ1) is 12.7. The molecule has 0 bridgehead atoms. The van der Waals surface area contributed by atoms with E-state index >= 15 is 0 Å². The fraction of sp³-hybridized carbons (Fsp3) is 0.526. The van der Waals surface area contributed by atoms with E-state index in [9.17, 15) is 4.79 Å². The van der Waals surface area contributed by atoms with Crippen LogP contribution in [-0.2, 0) is 13.0 Å². The zero-order chi connectivity index (χ0) is 18.4. The van der Waals surface area contributed by atoms with Gasteiger partial charge in [0, 0.05) is 31.1 Å². The molecule has 1 amide bonds. The highest BCUT2D eigenvalue weighted by molar-refractivity contribution is 5.94. The van der Waals surface area contributed by atoms with Crippen LogP contribution in [0, 0.1) is 0 Å². The van der Waals surface area contributed by atoms with E-state index < -0.39 is 0 Å². The maximum atomic E-state index is 12.9. The SMILES string of the molecule is CCCN(C(=O)c1ccc(OCc2noc(CC)n2)cc1)C1CCNC1.Cl. The van der Waals surface area contributed by atoms with Crippen molar-refractivity contribution in [3.8, 4) is 5.75 Å². The number of nitrogens with zero attached hydrogens (tertiary/aromatic N) is 3. The summed E-state index contributed by atoms with van der Waals surface area (Å²) in [5, 5.41) is 7.19. The van der Waals surface area contributed by atoms with Crippen LogP contribution in [0.15, 0.2) is 28.8 Å². The highest BCUT2D eigenvalue weighted by Crippen LogP contribution is 2.18. The van der Waals surface area contributed by atoms with Crippen molar-refractivity contribution < 1.29 is 14.1 Å². The van der Waals surface area contributed by atoms with Gasteiger partial charge in [-0.1, -0.05) is 19.0 Å². The first-order valence-electron chi connectivity index (χ1n) is 9.27. The summed E-state index contributed by atoms with van der Waals surface area (Å²) in [7, 11) is 0. The molecular formula is C19H27ClN4O3. The molecule has 1 atom stereocenters. The summed E-state index contributed by atoms with van der Waals surface area (Å²) >= 11 is 0. The lowest BCUT2D eigenvalue weighted by Crippen LogP contribution is -2.42. The van der Waals surface area contributed by atoms with E-state index in [0.717, 1.165) is 32.5 Å². The number of hydrogen-bond acceptors (Lipinski definition) is 6. The topological polar surface area (TPSA) is 80.5 Å². The van der Waals surface area contributed by atoms with Crippen molar-refractivity contribution >= 4 is 18.3 Å². The number of benzene rings is 1. The molecule has 8 heteroatoms. The summed E-state index contributed by atoms with van der Waals surface area (Å²) < 4.78 is 10.7. The zero-order valence-corrected chi connectivity index (χ0v) is 16.6. The largest absolute Gasteiger partial charge is 0.485 e. The molecule has 0 saturated carbocycles. The average Bonchev–Trinajstić information content (AvgIpc) is 3.36. The van der Waals surface area contributed by atoms with E-state index in [1.54, 1.807) is 0 Å².